The van der Waals surface area contributed by atoms with Gasteiger partial charge in [-0.3, -0.25) is 4.90 Å². The van der Waals surface area contributed by atoms with Crippen LogP contribution in [0.15, 0.2) is 0 Å². The highest BCUT2D eigenvalue weighted by atomic mass is 19.4. The van der Waals surface area contributed by atoms with Gasteiger partial charge in [0.05, 0.1) is 13.2 Å². The summed E-state index contributed by atoms with van der Waals surface area (Å²) in [7, 11) is 0. The lowest BCUT2D eigenvalue weighted by Gasteiger charge is -2.41. The van der Waals surface area contributed by atoms with Crippen LogP contribution in [0.25, 0.3) is 0 Å². The number of nitrogens with zero attached hydrogens (tertiary/aromatic N) is 1. The predicted molar refractivity (Wildman–Crippen MR) is 70.6 cm³/mol. The van der Waals surface area contributed by atoms with E-state index in [1.807, 2.05) is 6.92 Å². The van der Waals surface area contributed by atoms with Crippen LogP contribution < -0.4 is 5.32 Å². The Balaban J connectivity index is 2.67. The van der Waals surface area contributed by atoms with E-state index in [2.05, 4.69) is 5.32 Å². The largest absolute Gasteiger partial charge is 0.401 e. The third-order valence-corrected chi connectivity index (χ3v) is 3.68. The van der Waals surface area contributed by atoms with Crippen LogP contribution in [0.4, 0.5) is 13.2 Å². The average molecular weight is 298 g/mol. The molecule has 2 N–H and O–H groups in total. The molecule has 0 unspecified atom stereocenters. The molecule has 7 heteroatoms. The number of hydrogen-bond acceptors (Lipinski definition) is 4. The van der Waals surface area contributed by atoms with E-state index in [0.29, 0.717) is 26.3 Å². The van der Waals surface area contributed by atoms with E-state index in [9.17, 15) is 13.2 Å². The van der Waals surface area contributed by atoms with E-state index in [1.54, 1.807) is 0 Å². The highest BCUT2D eigenvalue weighted by molar-refractivity contribution is 4.87. The van der Waals surface area contributed by atoms with E-state index < -0.39 is 12.7 Å². The molecular weight excluding hydrogens is 273 g/mol. The van der Waals surface area contributed by atoms with Gasteiger partial charge in [-0.05, 0) is 24.8 Å². The lowest BCUT2D eigenvalue weighted by Crippen LogP contribution is -2.50. The zero-order chi connectivity index (χ0) is 15.1. The van der Waals surface area contributed by atoms with Crippen molar-refractivity contribution in [3.8, 4) is 0 Å². The minimum absolute atomic E-state index is 0.0498. The molecule has 0 radical (unpaired) electrons. The molecule has 4 nitrogen and oxygen atoms in total. The van der Waals surface area contributed by atoms with Gasteiger partial charge in [-0.15, -0.1) is 0 Å². The van der Waals surface area contributed by atoms with Gasteiger partial charge in [0.15, 0.2) is 0 Å². The highest BCUT2D eigenvalue weighted by Crippen LogP contribution is 2.32. The topological polar surface area (TPSA) is 44.7 Å². The molecule has 1 fully saturated rings. The number of hydrogen-bond donors (Lipinski definition) is 2. The standard InChI is InChI=1S/C13H25F3N2O2/c1-2-17-9-12(3-7-20-8-4-12)10-18(5-6-19)11-13(14,15)16/h17,19H,2-11H2,1H3. The van der Waals surface area contributed by atoms with Crippen LogP contribution >= 0.6 is 0 Å². The number of aliphatic hydroxyl groups excluding tert-OH is 1. The van der Waals surface area contributed by atoms with Gasteiger partial charge in [-0.1, -0.05) is 6.92 Å². The van der Waals surface area contributed by atoms with Gasteiger partial charge in [0.2, 0.25) is 0 Å². The number of halogens is 3. The van der Waals surface area contributed by atoms with Gasteiger partial charge in [0.1, 0.15) is 0 Å². The van der Waals surface area contributed by atoms with Gasteiger partial charge >= 0.3 is 6.18 Å². The molecule has 1 rings (SSSR count). The van der Waals surface area contributed by atoms with Crippen molar-refractivity contribution >= 4 is 0 Å². The Kier molecular flexibility index (Phi) is 7.22. The average Bonchev–Trinajstić information content (AvgIpc) is 2.36. The molecule has 0 spiro atoms. The SMILES string of the molecule is CCNCC1(CN(CCO)CC(F)(F)F)CCOCC1. The minimum Gasteiger partial charge on any atom is -0.395 e. The smallest absolute Gasteiger partial charge is 0.395 e. The Labute approximate surface area is 118 Å². The van der Waals surface area contributed by atoms with E-state index in [4.69, 9.17) is 9.84 Å². The second-order valence-electron chi connectivity index (χ2n) is 5.44. The molecule has 0 aromatic rings. The van der Waals surface area contributed by atoms with E-state index >= 15 is 0 Å². The van der Waals surface area contributed by atoms with Gasteiger partial charge < -0.3 is 15.2 Å². The Morgan fingerprint density at radius 3 is 2.45 bits per heavy atom. The summed E-state index contributed by atoms with van der Waals surface area (Å²) in [5.41, 5.74) is -0.200. The first-order valence-corrected chi connectivity index (χ1v) is 7.09. The van der Waals surface area contributed by atoms with Gasteiger partial charge in [0, 0.05) is 32.8 Å². The molecule has 0 aromatic carbocycles. The fourth-order valence-electron chi connectivity index (χ4n) is 2.67. The summed E-state index contributed by atoms with van der Waals surface area (Å²) in [6.45, 7) is 3.79. The maximum absolute atomic E-state index is 12.6. The normalized spacial score (nSPS) is 19.5. The predicted octanol–water partition coefficient (Wildman–Crippen LogP) is 1.25. The Bertz CT molecular complexity index is 269. The molecule has 0 atom stereocenters. The lowest BCUT2D eigenvalue weighted by atomic mass is 9.79. The first-order valence-electron chi connectivity index (χ1n) is 7.09. The van der Waals surface area contributed by atoms with Crippen LogP contribution in [0.3, 0.4) is 0 Å². The second-order valence-corrected chi connectivity index (χ2v) is 5.44. The molecule has 0 bridgehead atoms. The fourth-order valence-corrected chi connectivity index (χ4v) is 2.67. The van der Waals surface area contributed by atoms with E-state index in [1.165, 1.54) is 4.90 Å². The van der Waals surface area contributed by atoms with Gasteiger partial charge in [-0.25, -0.2) is 0 Å². The molecule has 1 heterocycles. The van der Waals surface area contributed by atoms with Crippen LogP contribution in [-0.2, 0) is 4.74 Å². The summed E-state index contributed by atoms with van der Waals surface area (Å²) in [5, 5.41) is 12.2. The summed E-state index contributed by atoms with van der Waals surface area (Å²) in [5.74, 6) is 0. The molecule has 1 aliphatic rings. The van der Waals surface area contributed by atoms with Crippen molar-refractivity contribution in [1.82, 2.24) is 10.2 Å². The quantitative estimate of drug-likeness (QED) is 0.708. The van der Waals surface area contributed by atoms with Crippen molar-refractivity contribution in [2.75, 3.05) is 52.5 Å². The summed E-state index contributed by atoms with van der Waals surface area (Å²) in [6, 6.07) is 0. The summed E-state index contributed by atoms with van der Waals surface area (Å²) < 4.78 is 43.1. The lowest BCUT2D eigenvalue weighted by molar-refractivity contribution is -0.152. The van der Waals surface area contributed by atoms with Crippen molar-refractivity contribution in [3.05, 3.63) is 0 Å². The maximum atomic E-state index is 12.6. The fraction of sp³-hybridized carbons (Fsp3) is 1.00. The number of aliphatic hydroxyl groups is 1. The van der Waals surface area contributed by atoms with Gasteiger partial charge in [0.25, 0.3) is 0 Å². The molecule has 1 saturated heterocycles. The third kappa shape index (κ3) is 6.39. The van der Waals surface area contributed by atoms with Crippen molar-refractivity contribution in [2.24, 2.45) is 5.41 Å². The minimum atomic E-state index is -4.24. The number of ether oxygens (including phenoxy) is 1. The molecule has 0 saturated carbocycles. The van der Waals surface area contributed by atoms with Crippen LogP contribution in [-0.4, -0.2) is 68.7 Å². The Hall–Kier alpha value is -0.370. The summed E-state index contributed by atoms with van der Waals surface area (Å²) in [6.07, 6.45) is -2.74. The van der Waals surface area contributed by atoms with E-state index in [-0.39, 0.29) is 18.6 Å². The van der Waals surface area contributed by atoms with E-state index in [0.717, 1.165) is 19.4 Å². The second kappa shape index (κ2) is 8.17. The molecule has 0 amide bonds. The van der Waals surface area contributed by atoms with Gasteiger partial charge in [-0.2, -0.15) is 13.2 Å². The van der Waals surface area contributed by atoms with Crippen LogP contribution in [0.5, 0.6) is 0 Å². The monoisotopic (exact) mass is 298 g/mol. The zero-order valence-corrected chi connectivity index (χ0v) is 12.0. The zero-order valence-electron chi connectivity index (χ0n) is 12.0. The van der Waals surface area contributed by atoms with Crippen molar-refractivity contribution in [2.45, 2.75) is 25.9 Å². The molecule has 20 heavy (non-hydrogen) atoms. The first kappa shape index (κ1) is 17.7. The number of alkyl halides is 3. The van der Waals surface area contributed by atoms with Crippen molar-refractivity contribution < 1.29 is 23.0 Å². The van der Waals surface area contributed by atoms with Crippen LogP contribution in [0, 0.1) is 5.41 Å². The molecule has 1 aliphatic heterocycles. The summed E-state index contributed by atoms with van der Waals surface area (Å²) in [4.78, 5) is 1.31. The molecule has 0 aliphatic carbocycles. The molecule has 120 valence electrons. The number of rotatable bonds is 8. The number of nitrogens with one attached hydrogen (secondary N) is 1. The highest BCUT2D eigenvalue weighted by Gasteiger charge is 2.37. The first-order chi connectivity index (χ1) is 9.41. The van der Waals surface area contributed by atoms with Crippen LogP contribution in [0.1, 0.15) is 19.8 Å². The van der Waals surface area contributed by atoms with Crippen LogP contribution in [0.2, 0.25) is 0 Å². The van der Waals surface area contributed by atoms with Crippen molar-refractivity contribution in [3.63, 3.8) is 0 Å². The Morgan fingerprint density at radius 2 is 1.95 bits per heavy atom. The van der Waals surface area contributed by atoms with Crippen molar-refractivity contribution in [1.29, 1.82) is 0 Å². The maximum Gasteiger partial charge on any atom is 0.401 e. The summed E-state index contributed by atoms with van der Waals surface area (Å²) >= 11 is 0. The molecular formula is C13H25F3N2O2. The third-order valence-electron chi connectivity index (χ3n) is 3.68. The molecule has 0 aromatic heterocycles. The Morgan fingerprint density at radius 1 is 1.30 bits per heavy atom.